The maximum absolute atomic E-state index is 11.2. The monoisotopic (exact) mass is 259 g/mol. The number of hydrogen-bond donors (Lipinski definition) is 1. The molecule has 0 aliphatic rings. The average molecular weight is 259 g/mol. The third kappa shape index (κ3) is 3.64. The Morgan fingerprint density at radius 2 is 2.16 bits per heavy atom. The number of anilines is 1. The fourth-order valence-corrected chi connectivity index (χ4v) is 1.82. The maximum atomic E-state index is 11.2. The molecule has 0 unspecified atom stereocenters. The van der Waals surface area contributed by atoms with Crippen molar-refractivity contribution >= 4 is 22.7 Å². The highest BCUT2D eigenvalue weighted by molar-refractivity contribution is 5.88. The van der Waals surface area contributed by atoms with Crippen LogP contribution in [0.1, 0.15) is 19.8 Å². The number of nitrogens with one attached hydrogen (secondary N) is 1. The molecule has 2 aromatic rings. The van der Waals surface area contributed by atoms with Gasteiger partial charge in [0, 0.05) is 18.4 Å². The lowest BCUT2D eigenvalue weighted by Crippen LogP contribution is -2.09. The number of ether oxygens (including phenoxy) is 1. The zero-order valence-electron chi connectivity index (χ0n) is 10.9. The van der Waals surface area contributed by atoms with Crippen molar-refractivity contribution < 1.29 is 9.53 Å². The summed E-state index contributed by atoms with van der Waals surface area (Å²) in [7, 11) is 0. The Kier molecular flexibility index (Phi) is 4.66. The molecule has 0 atom stereocenters. The number of fused-ring (bicyclic) bond motifs is 1. The van der Waals surface area contributed by atoms with Gasteiger partial charge in [0.2, 0.25) is 0 Å². The fourth-order valence-electron chi connectivity index (χ4n) is 1.82. The van der Waals surface area contributed by atoms with Gasteiger partial charge < -0.3 is 10.1 Å². The molecule has 0 bridgehead atoms. The lowest BCUT2D eigenvalue weighted by atomic mass is 10.2. The Morgan fingerprint density at radius 3 is 3.00 bits per heavy atom. The van der Waals surface area contributed by atoms with E-state index in [0.717, 1.165) is 23.1 Å². The smallest absolute Gasteiger partial charge is 0.305 e. The van der Waals surface area contributed by atoms with Crippen LogP contribution in [-0.4, -0.2) is 29.1 Å². The minimum absolute atomic E-state index is 0.156. The lowest BCUT2D eigenvalue weighted by molar-refractivity contribution is -0.143. The number of para-hydroxylation sites is 1. The van der Waals surface area contributed by atoms with Crippen molar-refractivity contribution in [3.8, 4) is 0 Å². The molecule has 1 aromatic heterocycles. The van der Waals surface area contributed by atoms with Gasteiger partial charge in [0.05, 0.1) is 12.1 Å². The molecule has 1 heterocycles. The van der Waals surface area contributed by atoms with Gasteiger partial charge in [0.25, 0.3) is 0 Å². The van der Waals surface area contributed by atoms with E-state index < -0.39 is 0 Å². The number of esters is 1. The molecular weight excluding hydrogens is 242 g/mol. The van der Waals surface area contributed by atoms with Gasteiger partial charge in [-0.25, -0.2) is 9.97 Å². The first-order chi connectivity index (χ1) is 9.31. The first kappa shape index (κ1) is 13.3. The number of nitrogens with zero attached hydrogens (tertiary/aromatic N) is 2. The molecule has 1 aromatic carbocycles. The van der Waals surface area contributed by atoms with Gasteiger partial charge in [0.15, 0.2) is 0 Å². The molecule has 0 amide bonds. The van der Waals surface area contributed by atoms with Gasteiger partial charge in [0.1, 0.15) is 12.1 Å². The summed E-state index contributed by atoms with van der Waals surface area (Å²) < 4.78 is 4.87. The van der Waals surface area contributed by atoms with Gasteiger partial charge in [-0.3, -0.25) is 4.79 Å². The minimum Gasteiger partial charge on any atom is -0.466 e. The topological polar surface area (TPSA) is 64.1 Å². The number of hydrogen-bond acceptors (Lipinski definition) is 5. The average Bonchev–Trinajstić information content (AvgIpc) is 2.44. The van der Waals surface area contributed by atoms with E-state index in [9.17, 15) is 4.79 Å². The predicted molar refractivity (Wildman–Crippen MR) is 73.9 cm³/mol. The van der Waals surface area contributed by atoms with Gasteiger partial charge in [-0.05, 0) is 25.5 Å². The lowest BCUT2D eigenvalue weighted by Gasteiger charge is -2.07. The van der Waals surface area contributed by atoms with E-state index in [2.05, 4.69) is 15.3 Å². The van der Waals surface area contributed by atoms with Crippen LogP contribution in [0.15, 0.2) is 30.6 Å². The quantitative estimate of drug-likeness (QED) is 0.637. The number of aromatic nitrogens is 2. The molecule has 0 radical (unpaired) electrons. The highest BCUT2D eigenvalue weighted by Gasteiger charge is 2.03. The second kappa shape index (κ2) is 6.68. The Labute approximate surface area is 112 Å². The van der Waals surface area contributed by atoms with Crippen molar-refractivity contribution in [1.29, 1.82) is 0 Å². The van der Waals surface area contributed by atoms with E-state index in [0.29, 0.717) is 19.6 Å². The summed E-state index contributed by atoms with van der Waals surface area (Å²) in [4.78, 5) is 19.6. The molecule has 5 nitrogen and oxygen atoms in total. The van der Waals surface area contributed by atoms with Gasteiger partial charge >= 0.3 is 5.97 Å². The summed E-state index contributed by atoms with van der Waals surface area (Å²) in [5, 5.41) is 4.21. The molecule has 0 saturated heterocycles. The van der Waals surface area contributed by atoms with E-state index in [4.69, 9.17) is 4.74 Å². The molecule has 19 heavy (non-hydrogen) atoms. The van der Waals surface area contributed by atoms with Crippen LogP contribution in [0, 0.1) is 0 Å². The SMILES string of the molecule is CCOC(=O)CCCNc1ncnc2ccccc12. The number of carbonyl (C=O) groups is 1. The van der Waals surface area contributed by atoms with Crippen LogP contribution in [0.4, 0.5) is 5.82 Å². The van der Waals surface area contributed by atoms with E-state index in [1.54, 1.807) is 0 Å². The van der Waals surface area contributed by atoms with Crippen molar-refractivity contribution in [2.24, 2.45) is 0 Å². The third-order valence-electron chi connectivity index (χ3n) is 2.70. The van der Waals surface area contributed by atoms with Crippen molar-refractivity contribution in [3.05, 3.63) is 30.6 Å². The molecule has 0 fully saturated rings. The van der Waals surface area contributed by atoms with Crippen LogP contribution in [0.2, 0.25) is 0 Å². The summed E-state index contributed by atoms with van der Waals surface area (Å²) in [6.45, 7) is 2.92. The van der Waals surface area contributed by atoms with Crippen LogP contribution in [0.5, 0.6) is 0 Å². The molecule has 100 valence electrons. The normalized spacial score (nSPS) is 10.4. The summed E-state index contributed by atoms with van der Waals surface area (Å²) in [5.41, 5.74) is 0.908. The van der Waals surface area contributed by atoms with E-state index >= 15 is 0 Å². The Bertz CT molecular complexity index is 552. The van der Waals surface area contributed by atoms with Gasteiger partial charge in [-0.15, -0.1) is 0 Å². The number of benzene rings is 1. The standard InChI is InChI=1S/C14H17N3O2/c1-2-19-13(18)8-5-9-15-14-11-6-3-4-7-12(11)16-10-17-14/h3-4,6-7,10H,2,5,8-9H2,1H3,(H,15,16,17). The molecular formula is C14H17N3O2. The van der Waals surface area contributed by atoms with Crippen molar-refractivity contribution in [2.75, 3.05) is 18.5 Å². The van der Waals surface area contributed by atoms with Crippen LogP contribution in [0.25, 0.3) is 10.9 Å². The second-order valence-corrected chi connectivity index (χ2v) is 4.07. The molecule has 0 aliphatic carbocycles. The molecule has 0 spiro atoms. The Balaban J connectivity index is 1.90. The third-order valence-corrected chi connectivity index (χ3v) is 2.70. The largest absolute Gasteiger partial charge is 0.466 e. The van der Waals surface area contributed by atoms with Crippen LogP contribution in [0.3, 0.4) is 0 Å². The van der Waals surface area contributed by atoms with Crippen molar-refractivity contribution in [1.82, 2.24) is 9.97 Å². The van der Waals surface area contributed by atoms with Crippen LogP contribution < -0.4 is 5.32 Å². The number of rotatable bonds is 6. The minimum atomic E-state index is -0.156. The second-order valence-electron chi connectivity index (χ2n) is 4.07. The highest BCUT2D eigenvalue weighted by atomic mass is 16.5. The molecule has 5 heteroatoms. The first-order valence-corrected chi connectivity index (χ1v) is 6.40. The molecule has 0 saturated carbocycles. The Morgan fingerprint density at radius 1 is 1.32 bits per heavy atom. The molecule has 2 rings (SSSR count). The predicted octanol–water partition coefficient (Wildman–Crippen LogP) is 2.39. The van der Waals surface area contributed by atoms with Crippen molar-refractivity contribution in [2.45, 2.75) is 19.8 Å². The fraction of sp³-hybridized carbons (Fsp3) is 0.357. The van der Waals surface area contributed by atoms with Gasteiger partial charge in [-0.2, -0.15) is 0 Å². The van der Waals surface area contributed by atoms with Gasteiger partial charge in [-0.1, -0.05) is 12.1 Å². The van der Waals surface area contributed by atoms with E-state index in [-0.39, 0.29) is 5.97 Å². The number of carbonyl (C=O) groups excluding carboxylic acids is 1. The first-order valence-electron chi connectivity index (χ1n) is 6.40. The zero-order valence-corrected chi connectivity index (χ0v) is 10.9. The van der Waals surface area contributed by atoms with E-state index in [1.165, 1.54) is 6.33 Å². The molecule has 1 N–H and O–H groups in total. The van der Waals surface area contributed by atoms with E-state index in [1.807, 2.05) is 31.2 Å². The maximum Gasteiger partial charge on any atom is 0.305 e. The highest BCUT2D eigenvalue weighted by Crippen LogP contribution is 2.18. The summed E-state index contributed by atoms with van der Waals surface area (Å²) in [6, 6.07) is 7.82. The van der Waals surface area contributed by atoms with Crippen LogP contribution in [-0.2, 0) is 9.53 Å². The Hall–Kier alpha value is -2.17. The molecule has 0 aliphatic heterocycles. The summed E-state index contributed by atoms with van der Waals surface area (Å²) in [6.07, 6.45) is 2.68. The summed E-state index contributed by atoms with van der Waals surface area (Å²) >= 11 is 0. The van der Waals surface area contributed by atoms with Crippen LogP contribution >= 0.6 is 0 Å². The van der Waals surface area contributed by atoms with Crippen molar-refractivity contribution in [3.63, 3.8) is 0 Å². The zero-order chi connectivity index (χ0) is 13.5. The summed E-state index contributed by atoms with van der Waals surface area (Å²) in [5.74, 6) is 0.645.